The molecule has 0 aromatic carbocycles. The zero-order chi connectivity index (χ0) is 15.3. The Morgan fingerprint density at radius 1 is 1.50 bits per heavy atom. The Kier molecular flexibility index (Phi) is 4.79. The van der Waals surface area contributed by atoms with Crippen molar-refractivity contribution < 1.29 is 49.0 Å². The zero-order valence-corrected chi connectivity index (χ0v) is 14.7. The molecule has 4 N–H and O–H groups in total. The van der Waals surface area contributed by atoms with Crippen LogP contribution in [0.25, 0.3) is 11.2 Å². The Balaban J connectivity index is 0.00000176. The summed E-state index contributed by atoms with van der Waals surface area (Å²) >= 11 is 0. The van der Waals surface area contributed by atoms with E-state index in [0.717, 1.165) is 0 Å². The maximum Gasteiger partial charge on any atom is 1.00 e. The van der Waals surface area contributed by atoms with Crippen LogP contribution < -0.4 is 40.2 Å². The van der Waals surface area contributed by atoms with Crippen molar-refractivity contribution in [3.8, 4) is 0 Å². The Labute approximate surface area is 147 Å². The molecular formula is C11H13N5NaO4P. The van der Waals surface area contributed by atoms with Gasteiger partial charge in [0.1, 0.15) is 19.4 Å². The molecule has 0 bridgehead atoms. The van der Waals surface area contributed by atoms with Gasteiger partial charge in [-0.1, -0.05) is 12.2 Å². The van der Waals surface area contributed by atoms with Crippen LogP contribution in [0.4, 0.5) is 5.82 Å². The Morgan fingerprint density at radius 3 is 2.91 bits per heavy atom. The van der Waals surface area contributed by atoms with Crippen LogP contribution in [0.2, 0.25) is 0 Å². The minimum Gasteiger partial charge on any atom is -0.779 e. The van der Waals surface area contributed by atoms with Crippen molar-refractivity contribution in [2.24, 2.45) is 0 Å². The van der Waals surface area contributed by atoms with E-state index < -0.39 is 19.4 Å². The molecule has 0 amide bonds. The van der Waals surface area contributed by atoms with Crippen LogP contribution in [-0.4, -0.2) is 41.3 Å². The molecule has 2 aromatic heterocycles. The molecule has 3 rings (SSSR count). The van der Waals surface area contributed by atoms with Crippen LogP contribution in [0.3, 0.4) is 0 Å². The molecule has 1 unspecified atom stereocenters. The number of nitrogens with two attached hydrogens (primary N) is 1. The maximum atomic E-state index is 11.0. The van der Waals surface area contributed by atoms with Crippen molar-refractivity contribution in [3.63, 3.8) is 0 Å². The molecule has 22 heavy (non-hydrogen) atoms. The minimum absolute atomic E-state index is 0. The van der Waals surface area contributed by atoms with Crippen molar-refractivity contribution in [1.82, 2.24) is 19.5 Å². The summed E-state index contributed by atoms with van der Waals surface area (Å²) in [6.45, 7) is 0. The Morgan fingerprint density at radius 2 is 2.23 bits per heavy atom. The summed E-state index contributed by atoms with van der Waals surface area (Å²) in [5.41, 5.74) is 5.03. The first-order valence-corrected chi connectivity index (χ1v) is 7.91. The molecule has 3 atom stereocenters. The first-order valence-electron chi connectivity index (χ1n) is 6.15. The molecule has 0 radical (unpaired) electrons. The fraction of sp³-hybridized carbons (Fsp3) is 0.364. The first kappa shape index (κ1) is 17.6. The Hall–Kier alpha value is -0.800. The molecule has 0 fully saturated rings. The molecule has 0 saturated heterocycles. The van der Waals surface area contributed by atoms with Gasteiger partial charge in [-0.25, -0.2) is 15.0 Å². The first-order chi connectivity index (χ1) is 9.77. The SMILES string of the molecule is Nc1ncnc2c1ncn2[C@H]1C=C[C@@](O)(CP(=O)([O-])O)C1.[Na+]. The number of imidazole rings is 1. The van der Waals surface area contributed by atoms with E-state index in [-0.39, 0.29) is 47.8 Å². The van der Waals surface area contributed by atoms with E-state index in [1.165, 1.54) is 18.7 Å². The van der Waals surface area contributed by atoms with Gasteiger partial charge in [-0.3, -0.25) is 0 Å². The van der Waals surface area contributed by atoms with Gasteiger partial charge >= 0.3 is 29.6 Å². The topological polar surface area (TPSA) is 150 Å². The quantitative estimate of drug-likeness (QED) is 0.294. The van der Waals surface area contributed by atoms with Crippen molar-refractivity contribution >= 4 is 24.6 Å². The van der Waals surface area contributed by atoms with Crippen molar-refractivity contribution in [3.05, 3.63) is 24.8 Å². The van der Waals surface area contributed by atoms with Gasteiger partial charge in [-0.15, -0.1) is 0 Å². The molecule has 9 nitrogen and oxygen atoms in total. The smallest absolute Gasteiger partial charge is 0.779 e. The number of nitrogens with zero attached hydrogens (tertiary/aromatic N) is 4. The molecule has 1 aliphatic rings. The van der Waals surface area contributed by atoms with E-state index in [4.69, 9.17) is 10.6 Å². The van der Waals surface area contributed by atoms with E-state index in [9.17, 15) is 14.6 Å². The average molecular weight is 333 g/mol. The van der Waals surface area contributed by atoms with Gasteiger partial charge in [0.25, 0.3) is 0 Å². The minimum atomic E-state index is -4.56. The predicted octanol–water partition coefficient (Wildman–Crippen LogP) is -3.81. The summed E-state index contributed by atoms with van der Waals surface area (Å²) in [7, 11) is -4.56. The normalized spacial score (nSPS) is 26.8. The molecule has 11 heteroatoms. The van der Waals surface area contributed by atoms with Gasteiger partial charge in [-0.2, -0.15) is 0 Å². The van der Waals surface area contributed by atoms with E-state index in [1.54, 1.807) is 10.6 Å². The van der Waals surface area contributed by atoms with Gasteiger partial charge < -0.3 is 29.8 Å². The summed E-state index contributed by atoms with van der Waals surface area (Å²) in [4.78, 5) is 31.9. The molecule has 1 aliphatic carbocycles. The van der Waals surface area contributed by atoms with Gasteiger partial charge in [0, 0.05) is 12.6 Å². The van der Waals surface area contributed by atoms with Crippen molar-refractivity contribution in [2.75, 3.05) is 11.9 Å². The third-order valence-corrected chi connectivity index (χ3v) is 4.36. The molecule has 0 aliphatic heterocycles. The molecule has 2 heterocycles. The Bertz CT molecular complexity index is 775. The largest absolute Gasteiger partial charge is 1.00 e. The van der Waals surface area contributed by atoms with Crippen LogP contribution in [0.15, 0.2) is 24.8 Å². The molecule has 2 aromatic rings. The summed E-state index contributed by atoms with van der Waals surface area (Å²) in [5, 5.41) is 10.2. The second-order valence-electron chi connectivity index (χ2n) is 5.11. The number of aromatic nitrogens is 4. The van der Waals surface area contributed by atoms with E-state index in [1.807, 2.05) is 0 Å². The number of aliphatic hydroxyl groups is 1. The van der Waals surface area contributed by atoms with Crippen LogP contribution in [-0.2, 0) is 4.57 Å². The fourth-order valence-corrected chi connectivity index (χ4v) is 3.48. The predicted molar refractivity (Wildman–Crippen MR) is 72.2 cm³/mol. The standard InChI is InChI=1S/C11H14N5O4P.Na/c12-9-8-10(14-5-13-9)16(6-15-8)7-1-2-11(17,3-7)4-21(18,19)20;/h1-2,5-7,17H,3-4H2,(H2,12,13,14)(H2,18,19,20);/q;+1/p-1/t7-,11-;/m0./s1. The van der Waals surface area contributed by atoms with Crippen molar-refractivity contribution in [2.45, 2.75) is 18.1 Å². The summed E-state index contributed by atoms with van der Waals surface area (Å²) < 4.78 is 12.7. The van der Waals surface area contributed by atoms with Gasteiger partial charge in [-0.05, 0) is 0 Å². The van der Waals surface area contributed by atoms with E-state index >= 15 is 0 Å². The van der Waals surface area contributed by atoms with Crippen LogP contribution in [0.5, 0.6) is 0 Å². The van der Waals surface area contributed by atoms with E-state index in [0.29, 0.717) is 11.2 Å². The molecule has 112 valence electrons. The number of allylic oxidation sites excluding steroid dienone is 1. The summed E-state index contributed by atoms with van der Waals surface area (Å²) in [6.07, 6.45) is 5.20. The maximum absolute atomic E-state index is 11.0. The van der Waals surface area contributed by atoms with Crippen LogP contribution >= 0.6 is 7.60 Å². The summed E-state index contributed by atoms with van der Waals surface area (Å²) in [5.74, 6) is 0.246. The fourth-order valence-electron chi connectivity index (χ4n) is 2.56. The third kappa shape index (κ3) is 3.41. The average Bonchev–Trinajstić information content (AvgIpc) is 2.91. The van der Waals surface area contributed by atoms with Gasteiger partial charge in [0.15, 0.2) is 11.5 Å². The number of hydrogen-bond acceptors (Lipinski definition) is 7. The molecular weight excluding hydrogens is 320 g/mol. The van der Waals surface area contributed by atoms with E-state index in [2.05, 4.69) is 15.0 Å². The number of fused-ring (bicyclic) bond motifs is 1. The third-order valence-electron chi connectivity index (χ3n) is 3.41. The van der Waals surface area contributed by atoms with Gasteiger partial charge in [0.05, 0.1) is 18.0 Å². The number of anilines is 1. The second kappa shape index (κ2) is 6.01. The summed E-state index contributed by atoms with van der Waals surface area (Å²) in [6, 6.07) is -0.333. The second-order valence-corrected chi connectivity index (χ2v) is 6.70. The zero-order valence-electron chi connectivity index (χ0n) is 11.8. The number of hydrogen-bond donors (Lipinski definition) is 3. The number of rotatable bonds is 3. The van der Waals surface area contributed by atoms with Crippen molar-refractivity contribution in [1.29, 1.82) is 0 Å². The molecule has 0 saturated carbocycles. The van der Waals surface area contributed by atoms with Crippen LogP contribution in [0, 0.1) is 0 Å². The molecule has 0 spiro atoms. The monoisotopic (exact) mass is 333 g/mol. The van der Waals surface area contributed by atoms with Crippen LogP contribution in [0.1, 0.15) is 12.5 Å². The number of nitrogen functional groups attached to an aromatic ring is 1. The van der Waals surface area contributed by atoms with Gasteiger partial charge in [0.2, 0.25) is 0 Å².